The zero-order valence-corrected chi connectivity index (χ0v) is 8.99. The number of ketones is 1. The highest BCUT2D eigenvalue weighted by atomic mass is 16.2. The smallest absolute Gasteiger partial charge is 0.287 e. The molecular formula is C10H15N3O2. The molecule has 0 fully saturated rings. The summed E-state index contributed by atoms with van der Waals surface area (Å²) >= 11 is 0. The van der Waals surface area contributed by atoms with Gasteiger partial charge < -0.3 is 5.32 Å². The molecule has 0 bridgehead atoms. The van der Waals surface area contributed by atoms with Gasteiger partial charge in [-0.2, -0.15) is 5.10 Å². The summed E-state index contributed by atoms with van der Waals surface area (Å²) in [6.45, 7) is 4.48. The SMILES string of the molecule is CC(=O)C(=O)NCCCn1nccc1C. The minimum Gasteiger partial charge on any atom is -0.349 e. The summed E-state index contributed by atoms with van der Waals surface area (Å²) in [5.41, 5.74) is 1.09. The average molecular weight is 209 g/mol. The van der Waals surface area contributed by atoms with Crippen molar-refractivity contribution in [3.05, 3.63) is 18.0 Å². The van der Waals surface area contributed by atoms with Gasteiger partial charge in [-0.05, 0) is 19.4 Å². The number of Topliss-reactive ketones (excluding diaryl/α,β-unsaturated/α-hetero) is 1. The number of aryl methyl sites for hydroxylation is 2. The van der Waals surface area contributed by atoms with Crippen LogP contribution >= 0.6 is 0 Å². The molecule has 0 saturated heterocycles. The molecule has 0 saturated carbocycles. The number of hydrogen-bond acceptors (Lipinski definition) is 3. The lowest BCUT2D eigenvalue weighted by Gasteiger charge is -2.04. The highest BCUT2D eigenvalue weighted by Gasteiger charge is 2.05. The van der Waals surface area contributed by atoms with Crippen LogP contribution in [0.5, 0.6) is 0 Å². The third kappa shape index (κ3) is 3.53. The number of nitrogens with one attached hydrogen (secondary N) is 1. The van der Waals surface area contributed by atoms with Crippen LogP contribution in [-0.4, -0.2) is 28.0 Å². The molecule has 5 nitrogen and oxygen atoms in total. The Kier molecular flexibility index (Phi) is 4.03. The van der Waals surface area contributed by atoms with E-state index >= 15 is 0 Å². The van der Waals surface area contributed by atoms with Gasteiger partial charge in [0.1, 0.15) is 0 Å². The zero-order chi connectivity index (χ0) is 11.3. The molecule has 0 unspecified atom stereocenters. The molecule has 0 aliphatic carbocycles. The number of rotatable bonds is 5. The second kappa shape index (κ2) is 5.29. The first-order valence-electron chi connectivity index (χ1n) is 4.88. The van der Waals surface area contributed by atoms with E-state index in [-0.39, 0.29) is 0 Å². The predicted octanol–water partition coefficient (Wildman–Crippen LogP) is 0.287. The summed E-state index contributed by atoms with van der Waals surface area (Å²) in [7, 11) is 0. The number of carbonyl (C=O) groups is 2. The molecule has 0 radical (unpaired) electrons. The van der Waals surface area contributed by atoms with E-state index in [1.165, 1.54) is 6.92 Å². The number of aromatic nitrogens is 2. The van der Waals surface area contributed by atoms with Crippen molar-refractivity contribution in [1.29, 1.82) is 0 Å². The lowest BCUT2D eigenvalue weighted by atomic mass is 10.3. The highest BCUT2D eigenvalue weighted by molar-refractivity contribution is 6.35. The molecule has 1 rings (SSSR count). The highest BCUT2D eigenvalue weighted by Crippen LogP contribution is 1.96. The average Bonchev–Trinajstić information content (AvgIpc) is 2.58. The largest absolute Gasteiger partial charge is 0.349 e. The van der Waals surface area contributed by atoms with E-state index in [1.54, 1.807) is 6.20 Å². The lowest BCUT2D eigenvalue weighted by Crippen LogP contribution is -2.30. The third-order valence-electron chi connectivity index (χ3n) is 2.08. The molecule has 1 aromatic heterocycles. The summed E-state index contributed by atoms with van der Waals surface area (Å²) in [6, 6.07) is 1.92. The van der Waals surface area contributed by atoms with Crippen LogP contribution in [0.3, 0.4) is 0 Å². The molecule has 0 aliphatic heterocycles. The molecular weight excluding hydrogens is 194 g/mol. The van der Waals surface area contributed by atoms with Crippen molar-refractivity contribution < 1.29 is 9.59 Å². The fourth-order valence-corrected chi connectivity index (χ4v) is 1.19. The van der Waals surface area contributed by atoms with Crippen LogP contribution in [0.25, 0.3) is 0 Å². The van der Waals surface area contributed by atoms with Crippen molar-refractivity contribution in [3.63, 3.8) is 0 Å². The molecule has 15 heavy (non-hydrogen) atoms. The van der Waals surface area contributed by atoms with E-state index in [4.69, 9.17) is 0 Å². The fourth-order valence-electron chi connectivity index (χ4n) is 1.19. The van der Waals surface area contributed by atoms with Crippen LogP contribution < -0.4 is 5.32 Å². The Morgan fingerprint density at radius 3 is 2.80 bits per heavy atom. The van der Waals surface area contributed by atoms with Gasteiger partial charge in [0.25, 0.3) is 5.91 Å². The maximum atomic E-state index is 10.9. The summed E-state index contributed by atoms with van der Waals surface area (Å²) in [5.74, 6) is -0.975. The van der Waals surface area contributed by atoms with Gasteiger partial charge in [-0.25, -0.2) is 0 Å². The van der Waals surface area contributed by atoms with E-state index in [1.807, 2.05) is 17.7 Å². The Labute approximate surface area is 88.5 Å². The molecule has 0 aliphatic rings. The Hall–Kier alpha value is -1.65. The monoisotopic (exact) mass is 209 g/mol. The third-order valence-corrected chi connectivity index (χ3v) is 2.08. The van der Waals surface area contributed by atoms with Crippen LogP contribution in [0.4, 0.5) is 0 Å². The van der Waals surface area contributed by atoms with Gasteiger partial charge in [0.2, 0.25) is 5.78 Å². The minimum absolute atomic E-state index is 0.453. The minimum atomic E-state index is -0.521. The Bertz CT molecular complexity index is 357. The Balaban J connectivity index is 2.20. The molecule has 1 heterocycles. The molecule has 1 N–H and O–H groups in total. The predicted molar refractivity (Wildman–Crippen MR) is 55.3 cm³/mol. The first-order chi connectivity index (χ1) is 7.11. The van der Waals surface area contributed by atoms with Gasteiger partial charge in [0.15, 0.2) is 0 Å². The van der Waals surface area contributed by atoms with Crippen molar-refractivity contribution >= 4 is 11.7 Å². The second-order valence-electron chi connectivity index (χ2n) is 3.36. The van der Waals surface area contributed by atoms with Crippen molar-refractivity contribution in [1.82, 2.24) is 15.1 Å². The molecule has 5 heteroatoms. The lowest BCUT2D eigenvalue weighted by molar-refractivity contribution is -0.136. The maximum absolute atomic E-state index is 10.9. The van der Waals surface area contributed by atoms with E-state index in [9.17, 15) is 9.59 Å². The van der Waals surface area contributed by atoms with E-state index in [2.05, 4.69) is 10.4 Å². The van der Waals surface area contributed by atoms with Crippen LogP contribution in [0.1, 0.15) is 19.0 Å². The van der Waals surface area contributed by atoms with E-state index in [0.717, 1.165) is 18.7 Å². The number of nitrogens with zero attached hydrogens (tertiary/aromatic N) is 2. The van der Waals surface area contributed by atoms with Crippen molar-refractivity contribution in [2.45, 2.75) is 26.8 Å². The van der Waals surface area contributed by atoms with Crippen molar-refractivity contribution in [2.75, 3.05) is 6.54 Å². The molecule has 1 aromatic rings. The van der Waals surface area contributed by atoms with Crippen molar-refractivity contribution in [3.8, 4) is 0 Å². The number of hydrogen-bond donors (Lipinski definition) is 1. The standard InChI is InChI=1S/C10H15N3O2/c1-8-4-6-12-13(8)7-3-5-11-10(15)9(2)14/h4,6H,3,5,7H2,1-2H3,(H,11,15). The van der Waals surface area contributed by atoms with Gasteiger partial charge in [-0.1, -0.05) is 0 Å². The quantitative estimate of drug-likeness (QED) is 0.560. The summed E-state index contributed by atoms with van der Waals surface area (Å²) < 4.78 is 1.86. The second-order valence-corrected chi connectivity index (χ2v) is 3.36. The Morgan fingerprint density at radius 1 is 1.53 bits per heavy atom. The molecule has 1 amide bonds. The topological polar surface area (TPSA) is 64.0 Å². The van der Waals surface area contributed by atoms with Crippen LogP contribution in [0, 0.1) is 6.92 Å². The van der Waals surface area contributed by atoms with Crippen molar-refractivity contribution in [2.24, 2.45) is 0 Å². The first kappa shape index (κ1) is 11.4. The first-order valence-corrected chi connectivity index (χ1v) is 4.88. The van der Waals surface area contributed by atoms with Crippen LogP contribution in [-0.2, 0) is 16.1 Å². The molecule has 0 aromatic carbocycles. The van der Waals surface area contributed by atoms with Gasteiger partial charge in [0, 0.05) is 31.9 Å². The molecule has 82 valence electrons. The summed E-state index contributed by atoms with van der Waals surface area (Å²) in [5, 5.41) is 6.64. The summed E-state index contributed by atoms with van der Waals surface area (Å²) in [4.78, 5) is 21.5. The zero-order valence-electron chi connectivity index (χ0n) is 8.99. The van der Waals surface area contributed by atoms with E-state index in [0.29, 0.717) is 6.54 Å². The maximum Gasteiger partial charge on any atom is 0.287 e. The Morgan fingerprint density at radius 2 is 2.27 bits per heavy atom. The van der Waals surface area contributed by atoms with E-state index < -0.39 is 11.7 Å². The van der Waals surface area contributed by atoms with Gasteiger partial charge >= 0.3 is 0 Å². The van der Waals surface area contributed by atoms with Gasteiger partial charge in [-0.15, -0.1) is 0 Å². The normalized spacial score (nSPS) is 10.0. The molecule has 0 atom stereocenters. The molecule has 0 spiro atoms. The van der Waals surface area contributed by atoms with Gasteiger partial charge in [-0.3, -0.25) is 14.3 Å². The number of carbonyl (C=O) groups excluding carboxylic acids is 2. The van der Waals surface area contributed by atoms with Crippen LogP contribution in [0.15, 0.2) is 12.3 Å². The van der Waals surface area contributed by atoms with Gasteiger partial charge in [0.05, 0.1) is 0 Å². The fraction of sp³-hybridized carbons (Fsp3) is 0.500. The van der Waals surface area contributed by atoms with Crippen LogP contribution in [0.2, 0.25) is 0 Å². The summed E-state index contributed by atoms with van der Waals surface area (Å²) in [6.07, 6.45) is 2.50. The number of amides is 1.